The number of carbonyl (C=O) groups excluding carboxylic acids is 1. The number of carboxylic acid groups (broad SMARTS) is 1. The van der Waals surface area contributed by atoms with E-state index < -0.39 is 5.97 Å². The van der Waals surface area contributed by atoms with E-state index in [-0.39, 0.29) is 23.3 Å². The summed E-state index contributed by atoms with van der Waals surface area (Å²) in [5.74, 6) is -1.36. The van der Waals surface area contributed by atoms with Gasteiger partial charge < -0.3 is 14.4 Å². The molecule has 1 unspecified atom stereocenters. The van der Waals surface area contributed by atoms with Crippen LogP contribution in [-0.4, -0.2) is 23.0 Å². The Balaban J connectivity index is 1.98. The maximum atomic E-state index is 12.6. The normalized spacial score (nSPS) is 17.4. The van der Waals surface area contributed by atoms with Crippen LogP contribution >= 0.6 is 0 Å². The molecule has 0 spiro atoms. The molecular weight excluding hydrogens is 270 g/mol. The number of carbonyl (C=O) groups is 2. The van der Waals surface area contributed by atoms with Crippen molar-refractivity contribution in [3.8, 4) is 0 Å². The summed E-state index contributed by atoms with van der Waals surface area (Å²) in [7, 11) is 0. The molecule has 1 N–H and O–H groups in total. The summed E-state index contributed by atoms with van der Waals surface area (Å²) in [5.41, 5.74) is 1.97. The zero-order chi connectivity index (χ0) is 15.0. The molecule has 5 nitrogen and oxygen atoms in total. The maximum absolute atomic E-state index is 12.6. The summed E-state index contributed by atoms with van der Waals surface area (Å²) < 4.78 is 5.13. The lowest BCUT2D eigenvalue weighted by Crippen LogP contribution is -2.42. The van der Waals surface area contributed by atoms with Crippen LogP contribution < -0.4 is 4.90 Å². The molecule has 5 heteroatoms. The predicted octanol–water partition coefficient (Wildman–Crippen LogP) is 2.96. The Morgan fingerprint density at radius 3 is 2.81 bits per heavy atom. The van der Waals surface area contributed by atoms with Crippen molar-refractivity contribution in [2.45, 2.75) is 25.8 Å². The third kappa shape index (κ3) is 2.31. The van der Waals surface area contributed by atoms with Crippen LogP contribution in [0.15, 0.2) is 41.0 Å². The molecule has 2 aromatic rings. The molecular formula is C16H15NO4. The summed E-state index contributed by atoms with van der Waals surface area (Å²) in [6.07, 6.45) is 2.89. The van der Waals surface area contributed by atoms with Crippen molar-refractivity contribution in [1.82, 2.24) is 0 Å². The van der Waals surface area contributed by atoms with Crippen LogP contribution in [0.4, 0.5) is 5.69 Å². The van der Waals surface area contributed by atoms with Gasteiger partial charge in [0.05, 0.1) is 5.56 Å². The highest BCUT2D eigenvalue weighted by Gasteiger charge is 2.30. The Bertz CT molecular complexity index is 704. The van der Waals surface area contributed by atoms with Crippen LogP contribution in [0.3, 0.4) is 0 Å². The Morgan fingerprint density at radius 2 is 2.10 bits per heavy atom. The van der Waals surface area contributed by atoms with Crippen molar-refractivity contribution in [3.05, 3.63) is 53.5 Å². The van der Waals surface area contributed by atoms with Gasteiger partial charge in [-0.1, -0.05) is 18.2 Å². The van der Waals surface area contributed by atoms with Crippen LogP contribution in [0.2, 0.25) is 0 Å². The Hall–Kier alpha value is -2.56. The van der Waals surface area contributed by atoms with Gasteiger partial charge in [0.2, 0.25) is 0 Å². The van der Waals surface area contributed by atoms with Gasteiger partial charge in [-0.25, -0.2) is 4.79 Å². The third-order valence-corrected chi connectivity index (χ3v) is 3.80. The zero-order valence-corrected chi connectivity index (χ0v) is 11.6. The minimum absolute atomic E-state index is 0.0173. The Kier molecular flexibility index (Phi) is 3.25. The molecule has 0 saturated carbocycles. The number of anilines is 1. The molecule has 1 aromatic heterocycles. The van der Waals surface area contributed by atoms with E-state index in [1.54, 1.807) is 4.90 Å². The van der Waals surface area contributed by atoms with E-state index in [1.165, 1.54) is 6.07 Å². The Morgan fingerprint density at radius 1 is 1.33 bits per heavy atom. The molecule has 1 aromatic carbocycles. The fourth-order valence-corrected chi connectivity index (χ4v) is 2.68. The van der Waals surface area contributed by atoms with Gasteiger partial charge >= 0.3 is 5.97 Å². The van der Waals surface area contributed by atoms with Gasteiger partial charge in [0.25, 0.3) is 5.91 Å². The Labute approximate surface area is 121 Å². The lowest BCUT2D eigenvalue weighted by atomic mass is 9.96. The largest absolute Gasteiger partial charge is 0.478 e. The first-order valence-electron chi connectivity index (χ1n) is 6.81. The second-order valence-electron chi connectivity index (χ2n) is 5.20. The topological polar surface area (TPSA) is 70.8 Å². The summed E-state index contributed by atoms with van der Waals surface area (Å²) in [6.45, 7) is 1.98. The van der Waals surface area contributed by atoms with E-state index in [0.717, 1.165) is 30.4 Å². The van der Waals surface area contributed by atoms with Gasteiger partial charge in [0.1, 0.15) is 6.26 Å². The van der Waals surface area contributed by atoms with Crippen LogP contribution in [0, 0.1) is 0 Å². The quantitative estimate of drug-likeness (QED) is 0.920. The molecule has 0 fully saturated rings. The van der Waals surface area contributed by atoms with E-state index in [1.807, 2.05) is 31.2 Å². The van der Waals surface area contributed by atoms with Gasteiger partial charge in [-0.3, -0.25) is 4.79 Å². The SMILES string of the molecule is CC1CCc2ccccc2N1C(=O)c1cc(C(=O)O)co1. The number of carboxylic acids is 1. The van der Waals surface area contributed by atoms with Crippen molar-refractivity contribution in [3.63, 3.8) is 0 Å². The minimum Gasteiger partial charge on any atom is -0.478 e. The molecule has 3 rings (SSSR count). The van der Waals surface area contributed by atoms with Gasteiger partial charge in [0, 0.05) is 17.8 Å². The number of furan rings is 1. The fraction of sp³-hybridized carbons (Fsp3) is 0.250. The average molecular weight is 285 g/mol. The zero-order valence-electron chi connectivity index (χ0n) is 11.6. The highest BCUT2D eigenvalue weighted by molar-refractivity contribution is 6.06. The van der Waals surface area contributed by atoms with Gasteiger partial charge in [-0.15, -0.1) is 0 Å². The van der Waals surface area contributed by atoms with E-state index in [4.69, 9.17) is 9.52 Å². The molecule has 1 amide bonds. The first-order chi connectivity index (χ1) is 10.1. The van der Waals surface area contributed by atoms with E-state index >= 15 is 0 Å². The van der Waals surface area contributed by atoms with Gasteiger partial charge in [-0.2, -0.15) is 0 Å². The monoisotopic (exact) mass is 285 g/mol. The smallest absolute Gasteiger partial charge is 0.338 e. The lowest BCUT2D eigenvalue weighted by molar-refractivity contribution is 0.0696. The number of amides is 1. The lowest BCUT2D eigenvalue weighted by Gasteiger charge is -2.34. The van der Waals surface area contributed by atoms with Crippen LogP contribution in [0.1, 0.15) is 39.8 Å². The molecule has 0 saturated heterocycles. The van der Waals surface area contributed by atoms with Crippen LogP contribution in [-0.2, 0) is 6.42 Å². The number of benzene rings is 1. The number of hydrogen-bond donors (Lipinski definition) is 1. The molecule has 108 valence electrons. The van der Waals surface area contributed by atoms with E-state index in [0.29, 0.717) is 0 Å². The maximum Gasteiger partial charge on any atom is 0.338 e. The standard InChI is InChI=1S/C16H15NO4/c1-10-6-7-11-4-2-3-5-13(11)17(10)15(18)14-8-12(9-21-14)16(19)20/h2-5,8-10H,6-7H2,1H3,(H,19,20). The van der Waals surface area contributed by atoms with Crippen molar-refractivity contribution < 1.29 is 19.1 Å². The van der Waals surface area contributed by atoms with Gasteiger partial charge in [-0.05, 0) is 31.4 Å². The van der Waals surface area contributed by atoms with Gasteiger partial charge in [0.15, 0.2) is 5.76 Å². The number of nitrogens with zero attached hydrogens (tertiary/aromatic N) is 1. The van der Waals surface area contributed by atoms with Crippen molar-refractivity contribution in [2.24, 2.45) is 0 Å². The van der Waals surface area contributed by atoms with E-state index in [9.17, 15) is 9.59 Å². The number of hydrogen-bond acceptors (Lipinski definition) is 3. The third-order valence-electron chi connectivity index (χ3n) is 3.80. The first-order valence-corrected chi connectivity index (χ1v) is 6.81. The van der Waals surface area contributed by atoms with Crippen molar-refractivity contribution in [2.75, 3.05) is 4.90 Å². The number of fused-ring (bicyclic) bond motifs is 1. The molecule has 0 radical (unpaired) electrons. The molecule has 1 atom stereocenters. The summed E-state index contributed by atoms with van der Waals surface area (Å²) in [6, 6.07) is 9.07. The van der Waals surface area contributed by atoms with Crippen molar-refractivity contribution >= 4 is 17.6 Å². The molecule has 1 aliphatic rings. The molecule has 2 heterocycles. The first kappa shape index (κ1) is 13.4. The second kappa shape index (κ2) is 5.09. The molecule has 21 heavy (non-hydrogen) atoms. The van der Waals surface area contributed by atoms with E-state index in [2.05, 4.69) is 0 Å². The molecule has 0 bridgehead atoms. The summed E-state index contributed by atoms with van der Waals surface area (Å²) >= 11 is 0. The number of rotatable bonds is 2. The average Bonchev–Trinajstić information content (AvgIpc) is 2.96. The minimum atomic E-state index is -1.11. The molecule has 1 aliphatic heterocycles. The molecule has 0 aliphatic carbocycles. The van der Waals surface area contributed by atoms with Crippen molar-refractivity contribution in [1.29, 1.82) is 0 Å². The summed E-state index contributed by atoms with van der Waals surface area (Å²) in [4.78, 5) is 25.2. The van der Waals surface area contributed by atoms with Crippen LogP contribution in [0.5, 0.6) is 0 Å². The number of aromatic carboxylic acids is 1. The number of aryl methyl sites for hydroxylation is 1. The predicted molar refractivity (Wildman–Crippen MR) is 76.7 cm³/mol. The van der Waals surface area contributed by atoms with Crippen LogP contribution in [0.25, 0.3) is 0 Å². The number of para-hydroxylation sites is 1. The second-order valence-corrected chi connectivity index (χ2v) is 5.20. The fourth-order valence-electron chi connectivity index (χ4n) is 2.68. The highest BCUT2D eigenvalue weighted by Crippen LogP contribution is 2.31. The summed E-state index contributed by atoms with van der Waals surface area (Å²) in [5, 5.41) is 8.92. The highest BCUT2D eigenvalue weighted by atomic mass is 16.4.